The number of aryl methyl sites for hydroxylation is 2. The number of hydrogen-bond acceptors (Lipinski definition) is 4. The molecule has 0 spiro atoms. The molecule has 5 heteroatoms. The molecule has 0 aliphatic heterocycles. The normalized spacial score (nSPS) is 11.9. The van der Waals surface area contributed by atoms with Gasteiger partial charge in [0, 0.05) is 17.5 Å². The number of rotatable bonds is 5. The average molecular weight is 307 g/mol. The summed E-state index contributed by atoms with van der Waals surface area (Å²) in [4.78, 5) is 0. The summed E-state index contributed by atoms with van der Waals surface area (Å²) >= 11 is 1.54. The average Bonchev–Trinajstić information content (AvgIpc) is 2.86. The second-order valence-corrected chi connectivity index (χ2v) is 7.31. The van der Waals surface area contributed by atoms with E-state index >= 15 is 0 Å². The van der Waals surface area contributed by atoms with E-state index in [0.717, 1.165) is 35.0 Å². The second-order valence-electron chi connectivity index (χ2n) is 6.25. The second kappa shape index (κ2) is 6.62. The highest BCUT2D eigenvalue weighted by Gasteiger charge is 2.10. The van der Waals surface area contributed by atoms with Gasteiger partial charge in [-0.2, -0.15) is 0 Å². The van der Waals surface area contributed by atoms with E-state index in [2.05, 4.69) is 36.3 Å². The predicted octanol–water partition coefficient (Wildman–Crippen LogP) is 3.97. The van der Waals surface area contributed by atoms with Gasteiger partial charge in [0.1, 0.15) is 15.8 Å². The molecule has 3 nitrogen and oxygen atoms in total. The van der Waals surface area contributed by atoms with Gasteiger partial charge >= 0.3 is 0 Å². The minimum Gasteiger partial charge on any atom is -0.312 e. The van der Waals surface area contributed by atoms with Crippen LogP contribution in [0.5, 0.6) is 0 Å². The number of hydrogen-bond donors (Lipinski definition) is 1. The van der Waals surface area contributed by atoms with Gasteiger partial charge in [0.05, 0.1) is 0 Å². The SMILES string of the molecule is Cc1ccc(-c2nnc(CCCNC(C)(C)C)s2)cc1F. The highest BCUT2D eigenvalue weighted by atomic mass is 32.1. The van der Waals surface area contributed by atoms with Crippen LogP contribution >= 0.6 is 11.3 Å². The van der Waals surface area contributed by atoms with Crippen molar-refractivity contribution in [1.29, 1.82) is 0 Å². The summed E-state index contributed by atoms with van der Waals surface area (Å²) in [5.41, 5.74) is 1.59. The molecule has 0 saturated carbocycles. The van der Waals surface area contributed by atoms with Crippen molar-refractivity contribution in [2.45, 2.75) is 46.1 Å². The first-order chi connectivity index (χ1) is 9.85. The smallest absolute Gasteiger partial charge is 0.147 e. The molecule has 2 aromatic rings. The minimum atomic E-state index is -0.196. The molecular formula is C16H22FN3S. The van der Waals surface area contributed by atoms with Crippen LogP contribution in [0.4, 0.5) is 4.39 Å². The van der Waals surface area contributed by atoms with Crippen LogP contribution in [0.2, 0.25) is 0 Å². The van der Waals surface area contributed by atoms with Crippen molar-refractivity contribution in [2.75, 3.05) is 6.54 Å². The first-order valence-electron chi connectivity index (χ1n) is 7.19. The Bertz CT molecular complexity index is 602. The van der Waals surface area contributed by atoms with Crippen molar-refractivity contribution in [1.82, 2.24) is 15.5 Å². The Morgan fingerprint density at radius 3 is 2.67 bits per heavy atom. The van der Waals surface area contributed by atoms with Crippen molar-refractivity contribution in [2.24, 2.45) is 0 Å². The lowest BCUT2D eigenvalue weighted by molar-refractivity contribution is 0.422. The van der Waals surface area contributed by atoms with Crippen LogP contribution in [-0.4, -0.2) is 22.3 Å². The zero-order chi connectivity index (χ0) is 15.5. The fourth-order valence-corrected chi connectivity index (χ4v) is 2.78. The summed E-state index contributed by atoms with van der Waals surface area (Å²) in [6.07, 6.45) is 1.92. The van der Waals surface area contributed by atoms with E-state index in [-0.39, 0.29) is 11.4 Å². The molecule has 0 saturated heterocycles. The van der Waals surface area contributed by atoms with Crippen molar-refractivity contribution in [3.8, 4) is 10.6 Å². The largest absolute Gasteiger partial charge is 0.312 e. The van der Waals surface area contributed by atoms with Crippen LogP contribution in [0, 0.1) is 12.7 Å². The lowest BCUT2D eigenvalue weighted by atomic mass is 10.1. The molecule has 1 aromatic carbocycles. The molecule has 0 amide bonds. The zero-order valence-electron chi connectivity index (χ0n) is 13.0. The third-order valence-corrected chi connectivity index (χ3v) is 4.14. The first kappa shape index (κ1) is 16.0. The topological polar surface area (TPSA) is 37.8 Å². The Kier molecular flexibility index (Phi) is 5.06. The molecule has 0 aliphatic carbocycles. The molecule has 114 valence electrons. The Labute approximate surface area is 129 Å². The minimum absolute atomic E-state index is 0.145. The van der Waals surface area contributed by atoms with E-state index in [1.165, 1.54) is 6.07 Å². The van der Waals surface area contributed by atoms with E-state index in [9.17, 15) is 4.39 Å². The van der Waals surface area contributed by atoms with Crippen LogP contribution < -0.4 is 5.32 Å². The molecule has 1 aromatic heterocycles. The van der Waals surface area contributed by atoms with E-state index in [4.69, 9.17) is 0 Å². The van der Waals surface area contributed by atoms with Crippen LogP contribution in [-0.2, 0) is 6.42 Å². The molecule has 0 unspecified atom stereocenters. The van der Waals surface area contributed by atoms with Crippen LogP contribution in [0.1, 0.15) is 37.8 Å². The molecule has 0 radical (unpaired) electrons. The monoisotopic (exact) mass is 307 g/mol. The molecule has 21 heavy (non-hydrogen) atoms. The Morgan fingerprint density at radius 1 is 1.24 bits per heavy atom. The fraction of sp³-hybridized carbons (Fsp3) is 0.500. The number of nitrogens with one attached hydrogen (secondary N) is 1. The quantitative estimate of drug-likeness (QED) is 0.849. The molecule has 1 heterocycles. The van der Waals surface area contributed by atoms with Crippen LogP contribution in [0.3, 0.4) is 0 Å². The summed E-state index contributed by atoms with van der Waals surface area (Å²) in [7, 11) is 0. The van der Waals surface area contributed by atoms with Crippen LogP contribution in [0.15, 0.2) is 18.2 Å². The van der Waals surface area contributed by atoms with Gasteiger partial charge in [0.2, 0.25) is 0 Å². The van der Waals surface area contributed by atoms with Gasteiger partial charge in [-0.15, -0.1) is 10.2 Å². The lowest BCUT2D eigenvalue weighted by Gasteiger charge is -2.20. The molecule has 0 aliphatic rings. The summed E-state index contributed by atoms with van der Waals surface area (Å²) in [6, 6.07) is 5.20. The summed E-state index contributed by atoms with van der Waals surface area (Å²) in [5, 5.41) is 13.6. The summed E-state index contributed by atoms with van der Waals surface area (Å²) in [5.74, 6) is -0.196. The molecule has 2 rings (SSSR count). The van der Waals surface area contributed by atoms with Gasteiger partial charge in [-0.25, -0.2) is 4.39 Å². The highest BCUT2D eigenvalue weighted by molar-refractivity contribution is 7.14. The Morgan fingerprint density at radius 2 is 2.00 bits per heavy atom. The van der Waals surface area contributed by atoms with E-state index in [1.807, 2.05) is 6.07 Å². The van der Waals surface area contributed by atoms with Crippen molar-refractivity contribution < 1.29 is 4.39 Å². The van der Waals surface area contributed by atoms with Crippen molar-refractivity contribution in [3.63, 3.8) is 0 Å². The molecular weight excluding hydrogens is 285 g/mol. The van der Waals surface area contributed by atoms with E-state index in [1.54, 1.807) is 24.3 Å². The first-order valence-corrected chi connectivity index (χ1v) is 8.01. The number of nitrogens with zero attached hydrogens (tertiary/aromatic N) is 2. The highest BCUT2D eigenvalue weighted by Crippen LogP contribution is 2.25. The van der Waals surface area contributed by atoms with Crippen molar-refractivity contribution in [3.05, 3.63) is 34.6 Å². The van der Waals surface area contributed by atoms with Gasteiger partial charge in [0.25, 0.3) is 0 Å². The van der Waals surface area contributed by atoms with Gasteiger partial charge in [-0.1, -0.05) is 23.5 Å². The summed E-state index contributed by atoms with van der Waals surface area (Å²) < 4.78 is 13.6. The van der Waals surface area contributed by atoms with Gasteiger partial charge in [-0.05, 0) is 52.3 Å². The molecule has 0 atom stereocenters. The maximum atomic E-state index is 13.6. The van der Waals surface area contributed by atoms with E-state index < -0.39 is 0 Å². The number of aromatic nitrogens is 2. The standard InChI is InChI=1S/C16H22FN3S/c1-11-7-8-12(10-13(11)17)15-20-19-14(21-15)6-5-9-18-16(2,3)4/h7-8,10,18H,5-6,9H2,1-4H3. The Balaban J connectivity index is 1.93. The maximum Gasteiger partial charge on any atom is 0.147 e. The molecule has 0 fully saturated rings. The van der Waals surface area contributed by atoms with E-state index in [0.29, 0.717) is 5.56 Å². The maximum absolute atomic E-state index is 13.6. The van der Waals surface area contributed by atoms with Crippen LogP contribution in [0.25, 0.3) is 10.6 Å². The van der Waals surface area contributed by atoms with Gasteiger partial charge in [0.15, 0.2) is 0 Å². The summed E-state index contributed by atoms with van der Waals surface area (Å²) in [6.45, 7) is 9.18. The fourth-order valence-electron chi connectivity index (χ4n) is 1.90. The third-order valence-electron chi connectivity index (χ3n) is 3.11. The third kappa shape index (κ3) is 4.86. The van der Waals surface area contributed by atoms with Crippen molar-refractivity contribution >= 4 is 11.3 Å². The number of benzene rings is 1. The zero-order valence-corrected chi connectivity index (χ0v) is 13.9. The lowest BCUT2D eigenvalue weighted by Crippen LogP contribution is -2.36. The Hall–Kier alpha value is -1.33. The number of halogens is 1. The van der Waals surface area contributed by atoms with Gasteiger partial charge in [-0.3, -0.25) is 0 Å². The molecule has 1 N–H and O–H groups in total. The predicted molar refractivity (Wildman–Crippen MR) is 86.1 cm³/mol. The van der Waals surface area contributed by atoms with Gasteiger partial charge < -0.3 is 5.32 Å². The molecule has 0 bridgehead atoms.